The van der Waals surface area contributed by atoms with Crippen LogP contribution in [0.2, 0.25) is 0 Å². The minimum Gasteiger partial charge on any atom is -0.378 e. The van der Waals surface area contributed by atoms with Gasteiger partial charge in [0, 0.05) is 13.0 Å². The zero-order valence-corrected chi connectivity index (χ0v) is 9.14. The van der Waals surface area contributed by atoms with Crippen molar-refractivity contribution in [2.45, 2.75) is 18.6 Å². The van der Waals surface area contributed by atoms with Crippen LogP contribution >= 0.6 is 0 Å². The summed E-state index contributed by atoms with van der Waals surface area (Å²) >= 11 is 0. The lowest BCUT2D eigenvalue weighted by Gasteiger charge is -2.14. The number of alkyl halides is 3. The molecule has 1 saturated heterocycles. The molecule has 18 heavy (non-hydrogen) atoms. The van der Waals surface area contributed by atoms with Gasteiger partial charge >= 0.3 is 6.18 Å². The zero-order valence-electron chi connectivity index (χ0n) is 9.14. The van der Waals surface area contributed by atoms with Gasteiger partial charge in [-0.3, -0.25) is 4.79 Å². The Kier molecular flexibility index (Phi) is 3.14. The Bertz CT molecular complexity index is 473. The maximum Gasteiger partial charge on any atom is 0.416 e. The third-order valence-electron chi connectivity index (χ3n) is 2.63. The topological polar surface area (TPSA) is 41.1 Å². The summed E-state index contributed by atoms with van der Waals surface area (Å²) in [5.41, 5.74) is -1.07. The first kappa shape index (κ1) is 12.7. The van der Waals surface area contributed by atoms with E-state index >= 15 is 0 Å². The maximum absolute atomic E-state index is 13.5. The summed E-state index contributed by atoms with van der Waals surface area (Å²) in [7, 11) is 0. The van der Waals surface area contributed by atoms with Gasteiger partial charge < -0.3 is 10.6 Å². The normalized spacial score (nSPS) is 19.8. The van der Waals surface area contributed by atoms with Crippen molar-refractivity contribution in [3.05, 3.63) is 29.6 Å². The van der Waals surface area contributed by atoms with Crippen molar-refractivity contribution in [2.24, 2.45) is 0 Å². The minimum absolute atomic E-state index is 0.0375. The summed E-state index contributed by atoms with van der Waals surface area (Å²) in [6.07, 6.45) is -4.38. The molecule has 0 saturated carbocycles. The highest BCUT2D eigenvalue weighted by molar-refractivity contribution is 5.79. The van der Waals surface area contributed by atoms with Crippen molar-refractivity contribution in [2.75, 3.05) is 11.9 Å². The molecule has 0 spiro atoms. The van der Waals surface area contributed by atoms with Gasteiger partial charge in [0.1, 0.15) is 5.82 Å². The largest absolute Gasteiger partial charge is 0.416 e. The van der Waals surface area contributed by atoms with Crippen LogP contribution in [-0.4, -0.2) is 18.5 Å². The van der Waals surface area contributed by atoms with Gasteiger partial charge in [-0.2, -0.15) is 13.2 Å². The average Bonchev–Trinajstić information content (AvgIpc) is 2.65. The van der Waals surface area contributed by atoms with E-state index in [2.05, 4.69) is 10.6 Å². The van der Waals surface area contributed by atoms with E-state index < -0.39 is 17.6 Å². The van der Waals surface area contributed by atoms with Gasteiger partial charge in [-0.25, -0.2) is 4.39 Å². The minimum atomic E-state index is -4.57. The van der Waals surface area contributed by atoms with Crippen molar-refractivity contribution < 1.29 is 22.4 Å². The second-order valence-corrected chi connectivity index (χ2v) is 4.04. The number of hydrogen-bond acceptors (Lipinski definition) is 2. The Labute approximate surface area is 100 Å². The van der Waals surface area contributed by atoms with Crippen LogP contribution in [0.5, 0.6) is 0 Å². The summed E-state index contributed by atoms with van der Waals surface area (Å²) < 4.78 is 50.4. The molecular formula is C11H10F4N2O. The fourth-order valence-electron chi connectivity index (χ4n) is 1.74. The number of halogens is 4. The van der Waals surface area contributed by atoms with Crippen LogP contribution in [0.15, 0.2) is 18.2 Å². The van der Waals surface area contributed by atoms with Crippen LogP contribution in [0.3, 0.4) is 0 Å². The second-order valence-electron chi connectivity index (χ2n) is 4.04. The van der Waals surface area contributed by atoms with Crippen LogP contribution in [0.4, 0.5) is 23.2 Å². The summed E-state index contributed by atoms with van der Waals surface area (Å²) in [5.74, 6) is -1.15. The van der Waals surface area contributed by atoms with Gasteiger partial charge in [-0.1, -0.05) is 0 Å². The van der Waals surface area contributed by atoms with E-state index in [1.54, 1.807) is 0 Å². The van der Waals surface area contributed by atoms with E-state index in [9.17, 15) is 22.4 Å². The second kappa shape index (κ2) is 4.47. The molecule has 1 aliphatic rings. The molecule has 1 atom stereocenters. The average molecular weight is 262 g/mol. The number of carbonyl (C=O) groups is 1. The molecule has 0 bridgehead atoms. The van der Waals surface area contributed by atoms with Gasteiger partial charge in [-0.05, 0) is 18.2 Å². The molecular weight excluding hydrogens is 252 g/mol. The summed E-state index contributed by atoms with van der Waals surface area (Å²) in [6, 6.07) is 1.96. The Balaban J connectivity index is 2.13. The standard InChI is InChI=1S/C11H10F4N2O/c12-8-3-6(11(13,14)15)1-2-9(8)17-7-4-10(18)16-5-7/h1-3,7,17H,4-5H2,(H,16,18). The molecule has 3 nitrogen and oxygen atoms in total. The predicted octanol–water partition coefficient (Wildman–Crippen LogP) is 2.14. The molecule has 1 aromatic rings. The monoisotopic (exact) mass is 262 g/mol. The highest BCUT2D eigenvalue weighted by Crippen LogP contribution is 2.31. The van der Waals surface area contributed by atoms with E-state index in [4.69, 9.17) is 0 Å². The molecule has 1 unspecified atom stereocenters. The van der Waals surface area contributed by atoms with Crippen LogP contribution in [0, 0.1) is 5.82 Å². The fourth-order valence-corrected chi connectivity index (χ4v) is 1.74. The number of rotatable bonds is 2. The van der Waals surface area contributed by atoms with Crippen LogP contribution in [-0.2, 0) is 11.0 Å². The van der Waals surface area contributed by atoms with E-state index in [0.29, 0.717) is 12.6 Å². The third kappa shape index (κ3) is 2.72. The number of hydrogen-bond donors (Lipinski definition) is 2. The highest BCUT2D eigenvalue weighted by Gasteiger charge is 2.31. The molecule has 98 valence electrons. The third-order valence-corrected chi connectivity index (χ3v) is 2.63. The fraction of sp³-hybridized carbons (Fsp3) is 0.364. The smallest absolute Gasteiger partial charge is 0.378 e. The molecule has 0 aliphatic carbocycles. The van der Waals surface area contributed by atoms with Crippen LogP contribution in [0.1, 0.15) is 12.0 Å². The molecule has 1 fully saturated rings. The first-order chi connectivity index (χ1) is 8.36. The highest BCUT2D eigenvalue weighted by atomic mass is 19.4. The Morgan fingerprint density at radius 1 is 1.33 bits per heavy atom. The first-order valence-corrected chi connectivity index (χ1v) is 5.26. The van der Waals surface area contributed by atoms with Crippen molar-refractivity contribution >= 4 is 11.6 Å². The molecule has 1 heterocycles. The zero-order chi connectivity index (χ0) is 13.3. The maximum atomic E-state index is 13.5. The van der Waals surface area contributed by atoms with Gasteiger partial charge in [0.05, 0.1) is 17.3 Å². The number of anilines is 1. The number of amides is 1. The Morgan fingerprint density at radius 3 is 2.56 bits per heavy atom. The summed E-state index contributed by atoms with van der Waals surface area (Å²) in [5, 5.41) is 5.23. The van der Waals surface area contributed by atoms with Crippen molar-refractivity contribution in [1.82, 2.24) is 5.32 Å². The van der Waals surface area contributed by atoms with Gasteiger partial charge in [0.25, 0.3) is 0 Å². The number of benzene rings is 1. The molecule has 2 rings (SSSR count). The summed E-state index contributed by atoms with van der Waals surface area (Å²) in [6.45, 7) is 0.333. The predicted molar refractivity (Wildman–Crippen MR) is 56.4 cm³/mol. The molecule has 1 aliphatic heterocycles. The van der Waals surface area contributed by atoms with Crippen LogP contribution < -0.4 is 10.6 Å². The Hall–Kier alpha value is -1.79. The number of nitrogens with one attached hydrogen (secondary N) is 2. The van der Waals surface area contributed by atoms with Gasteiger partial charge in [0.15, 0.2) is 0 Å². The lowest BCUT2D eigenvalue weighted by molar-refractivity contribution is -0.137. The van der Waals surface area contributed by atoms with E-state index in [1.807, 2.05) is 0 Å². The molecule has 2 N–H and O–H groups in total. The lowest BCUT2D eigenvalue weighted by Crippen LogP contribution is -2.23. The van der Waals surface area contributed by atoms with Crippen LogP contribution in [0.25, 0.3) is 0 Å². The molecule has 0 radical (unpaired) electrons. The van der Waals surface area contributed by atoms with Gasteiger partial charge in [0.2, 0.25) is 5.91 Å². The van der Waals surface area contributed by atoms with Crippen molar-refractivity contribution in [3.63, 3.8) is 0 Å². The molecule has 0 aromatic heterocycles. The van der Waals surface area contributed by atoms with E-state index in [0.717, 1.165) is 12.1 Å². The first-order valence-electron chi connectivity index (χ1n) is 5.26. The number of carbonyl (C=O) groups excluding carboxylic acids is 1. The molecule has 7 heteroatoms. The van der Waals surface area contributed by atoms with E-state index in [-0.39, 0.29) is 24.1 Å². The van der Waals surface area contributed by atoms with Crippen molar-refractivity contribution in [3.8, 4) is 0 Å². The summed E-state index contributed by atoms with van der Waals surface area (Å²) in [4.78, 5) is 10.9. The van der Waals surface area contributed by atoms with Crippen molar-refractivity contribution in [1.29, 1.82) is 0 Å². The lowest BCUT2D eigenvalue weighted by atomic mass is 10.1. The quantitative estimate of drug-likeness (QED) is 0.802. The molecule has 1 aromatic carbocycles. The molecule has 1 amide bonds. The SMILES string of the molecule is O=C1CC(Nc2ccc(C(F)(F)F)cc2F)CN1. The Morgan fingerprint density at radius 2 is 2.06 bits per heavy atom. The van der Waals surface area contributed by atoms with Gasteiger partial charge in [-0.15, -0.1) is 0 Å². The van der Waals surface area contributed by atoms with E-state index in [1.165, 1.54) is 0 Å².